The molecular weight excluding hydrogens is 240 g/mol. The Labute approximate surface area is 105 Å². The minimum atomic E-state index is -0.909. The zero-order valence-electron chi connectivity index (χ0n) is 10.3. The Hall–Kier alpha value is -1.01. The molecule has 0 aliphatic rings. The van der Waals surface area contributed by atoms with Crippen LogP contribution in [0.1, 0.15) is 27.2 Å². The maximum Gasteiger partial charge on any atom is 0.323 e. The van der Waals surface area contributed by atoms with E-state index in [0.717, 1.165) is 0 Å². The summed E-state index contributed by atoms with van der Waals surface area (Å²) in [6.07, 6.45) is 3.59. The minimum absolute atomic E-state index is 0.105. The summed E-state index contributed by atoms with van der Waals surface area (Å²) >= 11 is 1.44. The molecule has 0 fully saturated rings. The fourth-order valence-corrected chi connectivity index (χ4v) is 2.68. The van der Waals surface area contributed by atoms with E-state index < -0.39 is 11.5 Å². The van der Waals surface area contributed by atoms with E-state index in [9.17, 15) is 9.90 Å². The van der Waals surface area contributed by atoms with Crippen LogP contribution >= 0.6 is 11.8 Å². The van der Waals surface area contributed by atoms with Crippen molar-refractivity contribution in [2.24, 2.45) is 0 Å². The molecule has 0 spiro atoms. The first-order chi connectivity index (χ1) is 7.98. The lowest BCUT2D eigenvalue weighted by molar-refractivity contribution is -0.144. The van der Waals surface area contributed by atoms with Crippen molar-refractivity contribution in [3.63, 3.8) is 0 Å². The van der Waals surface area contributed by atoms with Crippen LogP contribution < -0.4 is 5.32 Å². The topological polar surface area (TPSA) is 75.4 Å². The molecule has 0 aliphatic heterocycles. The van der Waals surface area contributed by atoms with Crippen LogP contribution in [0.25, 0.3) is 0 Å². The van der Waals surface area contributed by atoms with Gasteiger partial charge in [0.1, 0.15) is 11.8 Å². The largest absolute Gasteiger partial charge is 0.480 e. The summed E-state index contributed by atoms with van der Waals surface area (Å²) in [7, 11) is 0. The fourth-order valence-electron chi connectivity index (χ4n) is 1.68. The van der Waals surface area contributed by atoms with Crippen molar-refractivity contribution in [1.29, 1.82) is 0 Å². The van der Waals surface area contributed by atoms with Crippen LogP contribution in [0, 0.1) is 0 Å². The summed E-state index contributed by atoms with van der Waals surface area (Å²) in [4.78, 5) is 15.2. The molecule has 5 nitrogen and oxygen atoms in total. The Morgan fingerprint density at radius 2 is 2.47 bits per heavy atom. The van der Waals surface area contributed by atoms with E-state index in [0.29, 0.717) is 18.2 Å². The number of oxazole rings is 1. The number of aliphatic carboxylic acids is 1. The van der Waals surface area contributed by atoms with Gasteiger partial charge in [-0.1, -0.05) is 25.6 Å². The molecule has 17 heavy (non-hydrogen) atoms. The van der Waals surface area contributed by atoms with Crippen molar-refractivity contribution in [3.05, 3.63) is 12.5 Å². The molecule has 0 saturated carbocycles. The molecule has 0 aliphatic carbocycles. The van der Waals surface area contributed by atoms with Crippen LogP contribution in [-0.2, 0) is 4.79 Å². The molecule has 1 aromatic rings. The summed E-state index contributed by atoms with van der Waals surface area (Å²) < 4.78 is 5.12. The number of likely N-dealkylation sites (N-methyl/N-ethyl adjacent to an activating group) is 1. The molecule has 0 saturated heterocycles. The van der Waals surface area contributed by atoms with Gasteiger partial charge in [-0.2, -0.15) is 0 Å². The van der Waals surface area contributed by atoms with Crippen LogP contribution in [0.4, 0.5) is 0 Å². The molecule has 1 aromatic heterocycles. The van der Waals surface area contributed by atoms with Crippen molar-refractivity contribution in [2.45, 2.75) is 43.2 Å². The number of hydrogen-bond donors (Lipinski definition) is 2. The second-order valence-corrected chi connectivity index (χ2v) is 5.49. The van der Waals surface area contributed by atoms with Crippen molar-refractivity contribution >= 4 is 17.7 Å². The van der Waals surface area contributed by atoms with E-state index in [2.05, 4.69) is 10.3 Å². The number of carbonyl (C=O) groups is 1. The lowest BCUT2D eigenvalue weighted by atomic mass is 9.96. The molecule has 1 rings (SSSR count). The summed E-state index contributed by atoms with van der Waals surface area (Å²) in [5.41, 5.74) is -0.909. The van der Waals surface area contributed by atoms with Gasteiger partial charge in [0, 0.05) is 5.25 Å². The highest BCUT2D eigenvalue weighted by atomic mass is 32.2. The summed E-state index contributed by atoms with van der Waals surface area (Å²) in [6, 6.07) is 0. The number of rotatable bonds is 7. The molecule has 1 heterocycles. The standard InChI is InChI=1S/C11H18N2O3S/c1-4-13-11(3,9(14)15)7-8(2)17-10-12-5-6-16-10/h5-6,8,13H,4,7H2,1-3H3,(H,14,15). The first kappa shape index (κ1) is 14.1. The zero-order valence-corrected chi connectivity index (χ0v) is 11.1. The molecule has 6 heteroatoms. The van der Waals surface area contributed by atoms with Crippen molar-refractivity contribution in [2.75, 3.05) is 6.54 Å². The molecule has 2 N–H and O–H groups in total. The zero-order chi connectivity index (χ0) is 12.9. The molecule has 0 aromatic carbocycles. The second-order valence-electron chi connectivity index (χ2n) is 4.10. The Kier molecular flexibility index (Phi) is 5.02. The van der Waals surface area contributed by atoms with Gasteiger partial charge in [0.15, 0.2) is 0 Å². The van der Waals surface area contributed by atoms with Gasteiger partial charge in [-0.25, -0.2) is 4.98 Å². The van der Waals surface area contributed by atoms with Crippen molar-refractivity contribution in [3.8, 4) is 0 Å². The highest BCUT2D eigenvalue weighted by Gasteiger charge is 2.34. The van der Waals surface area contributed by atoms with E-state index in [1.165, 1.54) is 18.0 Å². The molecular formula is C11H18N2O3S. The SMILES string of the molecule is CCNC(C)(CC(C)Sc1ncco1)C(=O)O. The Balaban J connectivity index is 2.58. The van der Waals surface area contributed by atoms with E-state index in [-0.39, 0.29) is 5.25 Å². The number of nitrogens with zero attached hydrogens (tertiary/aromatic N) is 1. The van der Waals surface area contributed by atoms with Gasteiger partial charge in [0.2, 0.25) is 0 Å². The van der Waals surface area contributed by atoms with E-state index in [1.807, 2.05) is 13.8 Å². The minimum Gasteiger partial charge on any atom is -0.480 e. The van der Waals surface area contributed by atoms with Gasteiger partial charge in [-0.15, -0.1) is 0 Å². The maximum absolute atomic E-state index is 11.2. The first-order valence-electron chi connectivity index (χ1n) is 5.52. The van der Waals surface area contributed by atoms with Gasteiger partial charge in [0.25, 0.3) is 5.22 Å². The van der Waals surface area contributed by atoms with Crippen LogP contribution in [-0.4, -0.2) is 33.4 Å². The fraction of sp³-hybridized carbons (Fsp3) is 0.636. The lowest BCUT2D eigenvalue weighted by Crippen LogP contribution is -2.50. The number of thioether (sulfide) groups is 1. The molecule has 2 unspecified atom stereocenters. The van der Waals surface area contributed by atoms with Gasteiger partial charge < -0.3 is 14.8 Å². The molecule has 0 amide bonds. The Bertz CT molecular complexity index is 356. The smallest absolute Gasteiger partial charge is 0.323 e. The van der Waals surface area contributed by atoms with Gasteiger partial charge in [-0.05, 0) is 19.9 Å². The number of carboxylic acid groups (broad SMARTS) is 1. The van der Waals surface area contributed by atoms with Crippen molar-refractivity contribution < 1.29 is 14.3 Å². The third-order valence-corrected chi connectivity index (χ3v) is 3.42. The monoisotopic (exact) mass is 258 g/mol. The molecule has 0 bridgehead atoms. The van der Waals surface area contributed by atoms with E-state index >= 15 is 0 Å². The highest BCUT2D eigenvalue weighted by molar-refractivity contribution is 7.99. The average molecular weight is 258 g/mol. The number of hydrogen-bond acceptors (Lipinski definition) is 5. The van der Waals surface area contributed by atoms with Gasteiger partial charge in [0.05, 0.1) is 6.20 Å². The number of carboxylic acids is 1. The Morgan fingerprint density at radius 3 is 2.94 bits per heavy atom. The maximum atomic E-state index is 11.2. The Morgan fingerprint density at radius 1 is 1.76 bits per heavy atom. The van der Waals surface area contributed by atoms with E-state index in [4.69, 9.17) is 4.42 Å². The summed E-state index contributed by atoms with van der Waals surface area (Å²) in [6.45, 7) is 6.19. The molecule has 96 valence electrons. The van der Waals surface area contributed by atoms with Gasteiger partial charge in [-0.3, -0.25) is 4.79 Å². The predicted octanol–water partition coefficient (Wildman–Crippen LogP) is 2.00. The van der Waals surface area contributed by atoms with Crippen LogP contribution in [0.3, 0.4) is 0 Å². The quantitative estimate of drug-likeness (QED) is 0.729. The summed E-state index contributed by atoms with van der Waals surface area (Å²) in [5, 5.41) is 12.9. The van der Waals surface area contributed by atoms with Crippen LogP contribution in [0.15, 0.2) is 22.1 Å². The van der Waals surface area contributed by atoms with Crippen LogP contribution in [0.5, 0.6) is 0 Å². The van der Waals surface area contributed by atoms with Crippen molar-refractivity contribution in [1.82, 2.24) is 10.3 Å². The van der Waals surface area contributed by atoms with Gasteiger partial charge >= 0.3 is 5.97 Å². The average Bonchev–Trinajstić information content (AvgIpc) is 2.70. The number of aromatic nitrogens is 1. The predicted molar refractivity (Wildman–Crippen MR) is 66.2 cm³/mol. The van der Waals surface area contributed by atoms with Crippen LogP contribution in [0.2, 0.25) is 0 Å². The lowest BCUT2D eigenvalue weighted by Gasteiger charge is -2.28. The summed E-state index contributed by atoms with van der Waals surface area (Å²) in [5.74, 6) is -0.834. The third-order valence-electron chi connectivity index (χ3n) is 2.45. The highest BCUT2D eigenvalue weighted by Crippen LogP contribution is 2.27. The first-order valence-corrected chi connectivity index (χ1v) is 6.40. The second kappa shape index (κ2) is 6.07. The normalized spacial score (nSPS) is 16.4. The molecule has 0 radical (unpaired) electrons. The molecule has 2 atom stereocenters. The third kappa shape index (κ3) is 4.05. The van der Waals surface area contributed by atoms with E-state index in [1.54, 1.807) is 13.1 Å². The number of nitrogens with one attached hydrogen (secondary N) is 1.